The van der Waals surface area contributed by atoms with E-state index >= 15 is 0 Å². The van der Waals surface area contributed by atoms with Gasteiger partial charge in [-0.05, 0) is 43.7 Å². The smallest absolute Gasteiger partial charge is 0.130 e. The van der Waals surface area contributed by atoms with Gasteiger partial charge in [0.15, 0.2) is 0 Å². The van der Waals surface area contributed by atoms with Crippen molar-refractivity contribution < 1.29 is 8.78 Å². The molecule has 1 aliphatic carbocycles. The maximum atomic E-state index is 13.6. The molecule has 1 aliphatic rings. The van der Waals surface area contributed by atoms with Crippen LogP contribution in [0.25, 0.3) is 0 Å². The van der Waals surface area contributed by atoms with E-state index in [0.29, 0.717) is 11.8 Å². The van der Waals surface area contributed by atoms with Crippen molar-refractivity contribution in [1.82, 2.24) is 5.32 Å². The normalized spacial score (nSPS) is 27.5. The molecule has 19 heavy (non-hydrogen) atoms. The molecule has 1 N–H and O–H groups in total. The number of alkyl halides is 1. The van der Waals surface area contributed by atoms with Crippen LogP contribution in [-0.2, 0) is 6.54 Å². The van der Waals surface area contributed by atoms with E-state index in [1.807, 2.05) is 0 Å². The van der Waals surface area contributed by atoms with Gasteiger partial charge in [-0.3, -0.25) is 0 Å². The van der Waals surface area contributed by atoms with Crippen molar-refractivity contribution in [1.29, 1.82) is 0 Å². The molecule has 106 valence electrons. The lowest BCUT2D eigenvalue weighted by Gasteiger charge is -2.39. The van der Waals surface area contributed by atoms with Gasteiger partial charge in [0.25, 0.3) is 0 Å². The molecule has 0 bridgehead atoms. The molecule has 1 nitrogen and oxygen atoms in total. The molecule has 0 amide bonds. The molecular weight excluding hydrogens is 268 g/mol. The molecule has 0 radical (unpaired) electrons. The van der Waals surface area contributed by atoms with Gasteiger partial charge in [-0.15, -0.1) is 11.6 Å². The van der Waals surface area contributed by atoms with Crippen LogP contribution in [0.2, 0.25) is 0 Å². The second-order valence-electron chi connectivity index (χ2n) is 5.65. The summed E-state index contributed by atoms with van der Waals surface area (Å²) in [4.78, 5) is 0. The van der Waals surface area contributed by atoms with Crippen molar-refractivity contribution in [3.05, 3.63) is 35.4 Å². The van der Waals surface area contributed by atoms with Gasteiger partial charge in [0.1, 0.15) is 11.6 Å². The van der Waals surface area contributed by atoms with Crippen LogP contribution < -0.4 is 5.32 Å². The first kappa shape index (κ1) is 14.7. The highest BCUT2D eigenvalue weighted by molar-refractivity contribution is 6.18. The molecule has 1 saturated carbocycles. The lowest BCUT2D eigenvalue weighted by atomic mass is 9.78. The Kier molecular flexibility index (Phi) is 4.80. The first-order valence-electron chi connectivity index (χ1n) is 6.80. The molecule has 4 heteroatoms. The number of benzene rings is 1. The van der Waals surface area contributed by atoms with E-state index in [1.54, 1.807) is 0 Å². The van der Waals surface area contributed by atoms with Crippen molar-refractivity contribution in [3.63, 3.8) is 0 Å². The number of nitrogens with one attached hydrogen (secondary N) is 1. The molecule has 0 saturated heterocycles. The lowest BCUT2D eigenvalue weighted by Crippen LogP contribution is -2.49. The quantitative estimate of drug-likeness (QED) is 0.817. The summed E-state index contributed by atoms with van der Waals surface area (Å²) in [6.07, 6.45) is 4.15. The monoisotopic (exact) mass is 287 g/mol. The number of halogens is 3. The van der Waals surface area contributed by atoms with Gasteiger partial charge in [0.05, 0.1) is 0 Å². The Hall–Kier alpha value is -0.670. The van der Waals surface area contributed by atoms with Crippen molar-refractivity contribution in [2.75, 3.05) is 5.88 Å². The Bertz CT molecular complexity index is 408. The molecule has 0 heterocycles. The summed E-state index contributed by atoms with van der Waals surface area (Å²) in [7, 11) is 0. The van der Waals surface area contributed by atoms with Gasteiger partial charge < -0.3 is 5.32 Å². The Morgan fingerprint density at radius 2 is 1.84 bits per heavy atom. The van der Waals surface area contributed by atoms with Crippen LogP contribution >= 0.6 is 11.6 Å². The van der Waals surface area contributed by atoms with Crippen molar-refractivity contribution in [2.45, 2.75) is 44.7 Å². The fourth-order valence-electron chi connectivity index (χ4n) is 2.65. The molecule has 1 aromatic rings. The van der Waals surface area contributed by atoms with E-state index in [2.05, 4.69) is 12.2 Å². The van der Waals surface area contributed by atoms with Gasteiger partial charge in [-0.25, -0.2) is 8.78 Å². The summed E-state index contributed by atoms with van der Waals surface area (Å²) in [6.45, 7) is 2.42. The van der Waals surface area contributed by atoms with E-state index in [-0.39, 0.29) is 17.6 Å². The van der Waals surface area contributed by atoms with Gasteiger partial charge in [0.2, 0.25) is 0 Å². The van der Waals surface area contributed by atoms with Crippen LogP contribution in [0.15, 0.2) is 18.2 Å². The summed E-state index contributed by atoms with van der Waals surface area (Å²) >= 11 is 6.08. The van der Waals surface area contributed by atoms with E-state index in [0.717, 1.165) is 25.7 Å². The first-order valence-corrected chi connectivity index (χ1v) is 7.34. The fraction of sp³-hybridized carbons (Fsp3) is 0.600. The zero-order chi connectivity index (χ0) is 13.9. The minimum atomic E-state index is -0.499. The highest BCUT2D eigenvalue weighted by Crippen LogP contribution is 2.33. The summed E-state index contributed by atoms with van der Waals surface area (Å²) in [5, 5.41) is 3.29. The van der Waals surface area contributed by atoms with Gasteiger partial charge in [0, 0.05) is 23.5 Å². The molecule has 0 aliphatic heterocycles. The first-order chi connectivity index (χ1) is 9.06. The topological polar surface area (TPSA) is 12.0 Å². The molecule has 0 unspecified atom stereocenters. The molecule has 0 aromatic heterocycles. The molecule has 1 aromatic carbocycles. The van der Waals surface area contributed by atoms with Crippen LogP contribution in [0.3, 0.4) is 0 Å². The SMILES string of the molecule is CC1CCC(CCl)(NCc2c(F)cccc2F)CC1. The summed E-state index contributed by atoms with van der Waals surface area (Å²) in [5.74, 6) is 0.196. The highest BCUT2D eigenvalue weighted by Gasteiger charge is 2.33. The molecule has 0 atom stereocenters. The van der Waals surface area contributed by atoms with Crippen LogP contribution in [-0.4, -0.2) is 11.4 Å². The largest absolute Gasteiger partial charge is 0.306 e. The predicted octanol–water partition coefficient (Wildman–Crippen LogP) is 4.24. The lowest BCUT2D eigenvalue weighted by molar-refractivity contribution is 0.214. The van der Waals surface area contributed by atoms with Crippen LogP contribution in [0.4, 0.5) is 8.78 Å². The van der Waals surface area contributed by atoms with E-state index in [1.165, 1.54) is 18.2 Å². The maximum absolute atomic E-state index is 13.6. The highest BCUT2D eigenvalue weighted by atomic mass is 35.5. The second kappa shape index (κ2) is 6.19. The Morgan fingerprint density at radius 1 is 1.26 bits per heavy atom. The zero-order valence-electron chi connectivity index (χ0n) is 11.2. The van der Waals surface area contributed by atoms with Crippen molar-refractivity contribution in [2.24, 2.45) is 5.92 Å². The average Bonchev–Trinajstić information content (AvgIpc) is 2.41. The van der Waals surface area contributed by atoms with Gasteiger partial charge in [-0.2, -0.15) is 0 Å². The Labute approximate surface area is 118 Å². The standard InChI is InChI=1S/C15H20ClF2N/c1-11-5-7-15(10-16,8-6-11)19-9-12-13(17)3-2-4-14(12)18/h2-4,11,19H,5-10H2,1H3. The Balaban J connectivity index is 2.04. The zero-order valence-corrected chi connectivity index (χ0v) is 11.9. The van der Waals surface area contributed by atoms with E-state index in [9.17, 15) is 8.78 Å². The second-order valence-corrected chi connectivity index (χ2v) is 5.92. The molecular formula is C15H20ClF2N. The van der Waals surface area contributed by atoms with Crippen LogP contribution in [0.1, 0.15) is 38.2 Å². The molecule has 0 spiro atoms. The van der Waals surface area contributed by atoms with Crippen LogP contribution in [0.5, 0.6) is 0 Å². The van der Waals surface area contributed by atoms with Crippen molar-refractivity contribution in [3.8, 4) is 0 Å². The third kappa shape index (κ3) is 3.46. The summed E-state index contributed by atoms with van der Waals surface area (Å²) in [5.41, 5.74) is -0.0754. The third-order valence-corrected chi connectivity index (χ3v) is 4.70. The van der Waals surface area contributed by atoms with Gasteiger partial charge >= 0.3 is 0 Å². The van der Waals surface area contributed by atoms with Crippen LogP contribution in [0, 0.1) is 17.6 Å². The minimum absolute atomic E-state index is 0.102. The number of hydrogen-bond donors (Lipinski definition) is 1. The third-order valence-electron chi connectivity index (χ3n) is 4.19. The van der Waals surface area contributed by atoms with E-state index in [4.69, 9.17) is 11.6 Å². The number of rotatable bonds is 4. The molecule has 2 rings (SSSR count). The van der Waals surface area contributed by atoms with E-state index < -0.39 is 11.6 Å². The Morgan fingerprint density at radius 3 is 2.37 bits per heavy atom. The summed E-state index contributed by atoms with van der Waals surface area (Å²) < 4.78 is 27.2. The maximum Gasteiger partial charge on any atom is 0.130 e. The average molecular weight is 288 g/mol. The van der Waals surface area contributed by atoms with Crippen molar-refractivity contribution >= 4 is 11.6 Å². The minimum Gasteiger partial charge on any atom is -0.306 e. The molecule has 1 fully saturated rings. The fourth-order valence-corrected chi connectivity index (χ4v) is 3.01. The predicted molar refractivity (Wildman–Crippen MR) is 74.3 cm³/mol. The van der Waals surface area contributed by atoms with Gasteiger partial charge in [-0.1, -0.05) is 13.0 Å². The summed E-state index contributed by atoms with van der Waals surface area (Å²) in [6, 6.07) is 3.96. The number of hydrogen-bond acceptors (Lipinski definition) is 1.